The van der Waals surface area contributed by atoms with Gasteiger partial charge in [-0.1, -0.05) is 6.07 Å². The average molecular weight is 368 g/mol. The summed E-state index contributed by atoms with van der Waals surface area (Å²) in [5.74, 6) is -0.814. The molecule has 0 unspecified atom stereocenters. The zero-order chi connectivity index (χ0) is 19.5. The smallest absolute Gasteiger partial charge is 0.410 e. The second-order valence-corrected chi connectivity index (χ2v) is 7.23. The highest BCUT2D eigenvalue weighted by Crippen LogP contribution is 2.26. The summed E-state index contributed by atoms with van der Waals surface area (Å²) in [6, 6.07) is 4.55. The number of carbonyl (C=O) groups is 2. The zero-order valence-electron chi connectivity index (χ0n) is 15.7. The van der Waals surface area contributed by atoms with E-state index in [1.54, 1.807) is 26.8 Å². The molecule has 26 heavy (non-hydrogen) atoms. The van der Waals surface area contributed by atoms with Crippen molar-refractivity contribution in [1.29, 1.82) is 0 Å². The number of nitrogens with one attached hydrogen (secondary N) is 1. The van der Waals surface area contributed by atoms with Crippen LogP contribution in [0.5, 0.6) is 5.75 Å². The topological polar surface area (TPSA) is 77.1 Å². The Morgan fingerprint density at radius 3 is 2.42 bits per heavy atom. The van der Waals surface area contributed by atoms with Crippen LogP contribution < -0.4 is 10.1 Å². The summed E-state index contributed by atoms with van der Waals surface area (Å²) in [6.45, 7) is 5.79. The van der Waals surface area contributed by atoms with Crippen molar-refractivity contribution < 1.29 is 28.2 Å². The minimum absolute atomic E-state index is 0.118. The minimum Gasteiger partial charge on any atom is -0.494 e. The number of esters is 1. The van der Waals surface area contributed by atoms with Crippen LogP contribution >= 0.6 is 0 Å². The molecule has 1 aromatic rings. The van der Waals surface area contributed by atoms with Gasteiger partial charge < -0.3 is 19.1 Å². The molecule has 1 heterocycles. The lowest BCUT2D eigenvalue weighted by atomic mass is 9.89. The Morgan fingerprint density at radius 1 is 1.27 bits per heavy atom. The van der Waals surface area contributed by atoms with E-state index in [4.69, 9.17) is 14.2 Å². The van der Waals surface area contributed by atoms with E-state index >= 15 is 0 Å². The molecule has 1 N–H and O–H groups in total. The summed E-state index contributed by atoms with van der Waals surface area (Å²) in [5.41, 5.74) is -1.02. The summed E-state index contributed by atoms with van der Waals surface area (Å²) in [4.78, 5) is 25.7. The minimum atomic E-state index is -1.04. The molecule has 1 aliphatic rings. The van der Waals surface area contributed by atoms with E-state index in [0.717, 1.165) is 0 Å². The molecule has 1 aromatic carbocycles. The van der Waals surface area contributed by atoms with Crippen LogP contribution in [0.1, 0.15) is 26.3 Å². The van der Waals surface area contributed by atoms with Crippen LogP contribution in [-0.4, -0.2) is 55.4 Å². The van der Waals surface area contributed by atoms with E-state index in [-0.39, 0.29) is 25.4 Å². The first-order valence-corrected chi connectivity index (χ1v) is 8.24. The van der Waals surface area contributed by atoms with E-state index in [1.807, 2.05) is 0 Å². The van der Waals surface area contributed by atoms with Gasteiger partial charge in [-0.05, 0) is 38.5 Å². The van der Waals surface area contributed by atoms with E-state index in [1.165, 1.54) is 31.3 Å². The number of ether oxygens (including phenoxy) is 3. The Morgan fingerprint density at radius 2 is 1.92 bits per heavy atom. The van der Waals surface area contributed by atoms with Gasteiger partial charge in [0.05, 0.1) is 27.3 Å². The standard InChI is InChI=1S/C18H25FN2O5/c1-17(2,3)26-16(23)21-10-18(11-21,15(22)25-5)20-9-12-6-7-14(24-4)13(19)8-12/h6-8,20H,9-11H2,1-5H3. The second-order valence-electron chi connectivity index (χ2n) is 7.23. The molecular weight excluding hydrogens is 343 g/mol. The molecule has 7 nitrogen and oxygen atoms in total. The van der Waals surface area contributed by atoms with Gasteiger partial charge in [0.15, 0.2) is 17.1 Å². The van der Waals surface area contributed by atoms with Gasteiger partial charge in [0.1, 0.15) is 5.60 Å². The van der Waals surface area contributed by atoms with E-state index < -0.39 is 29.0 Å². The van der Waals surface area contributed by atoms with Crippen LogP contribution in [0.4, 0.5) is 9.18 Å². The molecule has 0 saturated carbocycles. The third-order valence-corrected chi connectivity index (χ3v) is 4.00. The van der Waals surface area contributed by atoms with Gasteiger partial charge in [-0.3, -0.25) is 5.32 Å². The van der Waals surface area contributed by atoms with Crippen LogP contribution in [0.3, 0.4) is 0 Å². The number of carbonyl (C=O) groups excluding carboxylic acids is 2. The number of benzene rings is 1. The Kier molecular flexibility index (Phi) is 5.75. The van der Waals surface area contributed by atoms with Crippen molar-refractivity contribution in [2.24, 2.45) is 0 Å². The van der Waals surface area contributed by atoms with Gasteiger partial charge >= 0.3 is 12.1 Å². The highest BCUT2D eigenvalue weighted by atomic mass is 19.1. The van der Waals surface area contributed by atoms with Crippen LogP contribution in [0.25, 0.3) is 0 Å². The summed E-state index contributed by atoms with van der Waals surface area (Å²) in [5, 5.41) is 3.08. The van der Waals surface area contributed by atoms with E-state index in [9.17, 15) is 14.0 Å². The summed E-state index contributed by atoms with van der Waals surface area (Å²) >= 11 is 0. The number of rotatable bonds is 5. The maximum atomic E-state index is 13.8. The molecule has 144 valence electrons. The van der Waals surface area contributed by atoms with E-state index in [0.29, 0.717) is 5.56 Å². The van der Waals surface area contributed by atoms with Crippen molar-refractivity contribution in [2.45, 2.75) is 38.5 Å². The maximum Gasteiger partial charge on any atom is 0.410 e. The lowest BCUT2D eigenvalue weighted by Gasteiger charge is -2.48. The van der Waals surface area contributed by atoms with Gasteiger partial charge in [0.2, 0.25) is 0 Å². The third-order valence-electron chi connectivity index (χ3n) is 4.00. The monoisotopic (exact) mass is 368 g/mol. The van der Waals surface area contributed by atoms with Gasteiger partial charge in [-0.15, -0.1) is 0 Å². The predicted molar refractivity (Wildman–Crippen MR) is 92.3 cm³/mol. The average Bonchev–Trinajstić information content (AvgIpc) is 2.51. The van der Waals surface area contributed by atoms with Crippen molar-refractivity contribution in [2.75, 3.05) is 27.3 Å². The zero-order valence-corrected chi connectivity index (χ0v) is 15.7. The number of amides is 1. The molecule has 1 amide bonds. The highest BCUT2D eigenvalue weighted by molar-refractivity contribution is 5.85. The number of likely N-dealkylation sites (tertiary alicyclic amines) is 1. The molecule has 0 radical (unpaired) electrons. The number of methoxy groups -OCH3 is 2. The van der Waals surface area contributed by atoms with Crippen LogP contribution in [0.2, 0.25) is 0 Å². The maximum absolute atomic E-state index is 13.8. The first kappa shape index (κ1) is 20.0. The van der Waals surface area contributed by atoms with E-state index in [2.05, 4.69) is 5.32 Å². The molecule has 2 rings (SSSR count). The van der Waals surface area contributed by atoms with Gasteiger partial charge in [-0.25, -0.2) is 14.0 Å². The quantitative estimate of drug-likeness (QED) is 0.802. The SMILES string of the molecule is COC(=O)C1(NCc2ccc(OC)c(F)c2)CN(C(=O)OC(C)(C)C)C1. The van der Waals surface area contributed by atoms with Gasteiger partial charge in [-0.2, -0.15) is 0 Å². The first-order chi connectivity index (χ1) is 12.1. The van der Waals surface area contributed by atoms with Gasteiger partial charge in [0, 0.05) is 6.54 Å². The van der Waals surface area contributed by atoms with Crippen molar-refractivity contribution >= 4 is 12.1 Å². The summed E-state index contributed by atoms with van der Waals surface area (Å²) < 4.78 is 28.8. The molecule has 1 saturated heterocycles. The molecule has 1 fully saturated rings. The number of halogens is 1. The Hall–Kier alpha value is -2.35. The molecule has 0 spiro atoms. The van der Waals surface area contributed by atoms with Crippen LogP contribution in [0, 0.1) is 5.82 Å². The molecule has 1 aliphatic heterocycles. The van der Waals surface area contributed by atoms with Crippen molar-refractivity contribution in [3.8, 4) is 5.75 Å². The molecule has 0 atom stereocenters. The number of hydrogen-bond acceptors (Lipinski definition) is 6. The predicted octanol–water partition coefficient (Wildman–Crippen LogP) is 2.09. The lowest BCUT2D eigenvalue weighted by Crippen LogP contribution is -2.74. The van der Waals surface area contributed by atoms with Crippen molar-refractivity contribution in [3.05, 3.63) is 29.6 Å². The number of nitrogens with zero attached hydrogens (tertiary/aromatic N) is 1. The first-order valence-electron chi connectivity index (χ1n) is 8.24. The van der Waals surface area contributed by atoms with Crippen molar-refractivity contribution in [3.63, 3.8) is 0 Å². The fraction of sp³-hybridized carbons (Fsp3) is 0.556. The molecule has 0 bridgehead atoms. The van der Waals surface area contributed by atoms with Crippen molar-refractivity contribution in [1.82, 2.24) is 10.2 Å². The van der Waals surface area contributed by atoms with Gasteiger partial charge in [0.25, 0.3) is 0 Å². The summed E-state index contributed by atoms with van der Waals surface area (Å²) in [7, 11) is 2.68. The summed E-state index contributed by atoms with van der Waals surface area (Å²) in [6.07, 6.45) is -0.491. The fourth-order valence-corrected chi connectivity index (χ4v) is 2.66. The molecule has 0 aromatic heterocycles. The second kappa shape index (κ2) is 7.49. The van der Waals surface area contributed by atoms with Crippen LogP contribution in [-0.2, 0) is 20.8 Å². The Labute approximate surface area is 152 Å². The Bertz CT molecular complexity index is 681. The lowest BCUT2D eigenvalue weighted by molar-refractivity contribution is -0.156. The fourth-order valence-electron chi connectivity index (χ4n) is 2.66. The largest absolute Gasteiger partial charge is 0.494 e. The molecule has 8 heteroatoms. The normalized spacial score (nSPS) is 15.8. The molecule has 0 aliphatic carbocycles. The third kappa shape index (κ3) is 4.43. The molecular formula is C18H25FN2O5. The number of hydrogen-bond donors (Lipinski definition) is 1. The highest BCUT2D eigenvalue weighted by Gasteiger charge is 2.52. The van der Waals surface area contributed by atoms with Crippen LogP contribution in [0.15, 0.2) is 18.2 Å². The Balaban J connectivity index is 2.02.